The van der Waals surface area contributed by atoms with E-state index < -0.39 is 0 Å². The molecule has 0 bridgehead atoms. The van der Waals surface area contributed by atoms with E-state index in [-0.39, 0.29) is 18.1 Å². The molecule has 19 heavy (non-hydrogen) atoms. The average molecular weight is 261 g/mol. The first-order chi connectivity index (χ1) is 8.82. The van der Waals surface area contributed by atoms with Crippen LogP contribution in [0.4, 0.5) is 0 Å². The Hall–Kier alpha value is -1.64. The summed E-state index contributed by atoms with van der Waals surface area (Å²) in [7, 11) is 0. The van der Waals surface area contributed by atoms with E-state index in [4.69, 9.17) is 0 Å². The van der Waals surface area contributed by atoms with Crippen molar-refractivity contribution in [1.29, 1.82) is 0 Å². The maximum atomic E-state index is 11.4. The van der Waals surface area contributed by atoms with Crippen molar-refractivity contribution in [2.24, 2.45) is 0 Å². The summed E-state index contributed by atoms with van der Waals surface area (Å²) in [6.07, 6.45) is 0.786. The third kappa shape index (κ3) is 4.19. The molecule has 1 aromatic rings. The molecule has 1 aromatic carbocycles. The quantitative estimate of drug-likeness (QED) is 0.828. The van der Waals surface area contributed by atoms with Crippen molar-refractivity contribution < 1.29 is 9.59 Å². The minimum atomic E-state index is -0.188. The van der Waals surface area contributed by atoms with Gasteiger partial charge in [0.25, 0.3) is 0 Å². The first-order valence-electron chi connectivity index (χ1n) is 6.65. The van der Waals surface area contributed by atoms with Gasteiger partial charge in [-0.2, -0.15) is 0 Å². The van der Waals surface area contributed by atoms with Gasteiger partial charge in [-0.1, -0.05) is 6.07 Å². The Bertz CT molecular complexity index is 478. The Morgan fingerprint density at radius 1 is 1.05 bits per heavy atom. The van der Waals surface area contributed by atoms with Gasteiger partial charge in [0.15, 0.2) is 0 Å². The molecular formula is C16H23NO2. The standard InChI is InChI=1S/C16H23NO2/c1-10-8-11(2)14(5)15(13(10)4)6-7-17-16(19)9-12(3)18/h8H,6-7,9H2,1-5H3,(H,17,19). The van der Waals surface area contributed by atoms with Crippen LogP contribution in [-0.4, -0.2) is 18.2 Å². The second kappa shape index (κ2) is 6.50. The number of carbonyl (C=O) groups excluding carboxylic acids is 2. The molecule has 0 radical (unpaired) electrons. The van der Waals surface area contributed by atoms with Gasteiger partial charge in [0.05, 0.1) is 6.42 Å². The zero-order valence-electron chi connectivity index (χ0n) is 12.5. The van der Waals surface area contributed by atoms with Crippen molar-refractivity contribution in [2.75, 3.05) is 6.54 Å². The lowest BCUT2D eigenvalue weighted by Gasteiger charge is -2.15. The minimum Gasteiger partial charge on any atom is -0.355 e. The predicted molar refractivity (Wildman–Crippen MR) is 77.4 cm³/mol. The van der Waals surface area contributed by atoms with E-state index in [9.17, 15) is 9.59 Å². The van der Waals surface area contributed by atoms with Gasteiger partial charge < -0.3 is 5.32 Å². The second-order valence-electron chi connectivity index (χ2n) is 5.22. The highest BCUT2D eigenvalue weighted by Gasteiger charge is 2.09. The van der Waals surface area contributed by atoms with Crippen LogP contribution < -0.4 is 5.32 Å². The molecule has 0 spiro atoms. The van der Waals surface area contributed by atoms with Crippen molar-refractivity contribution in [3.05, 3.63) is 33.9 Å². The Morgan fingerprint density at radius 3 is 2.05 bits per heavy atom. The smallest absolute Gasteiger partial charge is 0.227 e. The molecule has 0 heterocycles. The van der Waals surface area contributed by atoms with Crippen LogP contribution in [0.5, 0.6) is 0 Å². The largest absolute Gasteiger partial charge is 0.355 e. The summed E-state index contributed by atoms with van der Waals surface area (Å²) < 4.78 is 0. The monoisotopic (exact) mass is 261 g/mol. The number of amides is 1. The summed E-state index contributed by atoms with van der Waals surface area (Å²) in [5.41, 5.74) is 6.47. The molecule has 0 saturated carbocycles. The van der Waals surface area contributed by atoms with Gasteiger partial charge >= 0.3 is 0 Å². The lowest BCUT2D eigenvalue weighted by atomic mass is 9.92. The third-order valence-electron chi connectivity index (χ3n) is 3.63. The van der Waals surface area contributed by atoms with Crippen molar-refractivity contribution >= 4 is 11.7 Å². The molecule has 0 unspecified atom stereocenters. The van der Waals surface area contributed by atoms with Gasteiger partial charge in [-0.25, -0.2) is 0 Å². The molecule has 3 heteroatoms. The highest BCUT2D eigenvalue weighted by Crippen LogP contribution is 2.21. The lowest BCUT2D eigenvalue weighted by molar-refractivity contribution is -0.127. The van der Waals surface area contributed by atoms with Crippen LogP contribution >= 0.6 is 0 Å². The average Bonchev–Trinajstić information content (AvgIpc) is 2.30. The van der Waals surface area contributed by atoms with Gasteiger partial charge in [0, 0.05) is 6.54 Å². The fourth-order valence-corrected chi connectivity index (χ4v) is 2.29. The van der Waals surface area contributed by atoms with Gasteiger partial charge in [-0.3, -0.25) is 9.59 Å². The molecule has 0 aromatic heterocycles. The first kappa shape index (κ1) is 15.4. The molecule has 1 amide bonds. The van der Waals surface area contributed by atoms with Crippen LogP contribution in [0.15, 0.2) is 6.07 Å². The number of carbonyl (C=O) groups is 2. The highest BCUT2D eigenvalue weighted by molar-refractivity contribution is 5.96. The third-order valence-corrected chi connectivity index (χ3v) is 3.63. The molecule has 0 atom stereocenters. The van der Waals surface area contributed by atoms with Crippen LogP contribution in [0.3, 0.4) is 0 Å². The minimum absolute atomic E-state index is 0.0230. The number of benzene rings is 1. The molecule has 0 aliphatic rings. The van der Waals surface area contributed by atoms with Crippen molar-refractivity contribution in [1.82, 2.24) is 5.32 Å². The molecule has 1 rings (SSSR count). The fraction of sp³-hybridized carbons (Fsp3) is 0.500. The van der Waals surface area contributed by atoms with E-state index in [1.165, 1.54) is 34.7 Å². The fourth-order valence-electron chi connectivity index (χ4n) is 2.29. The summed E-state index contributed by atoms with van der Waals surface area (Å²) in [5, 5.41) is 2.80. The van der Waals surface area contributed by atoms with E-state index in [0.717, 1.165) is 6.42 Å². The van der Waals surface area contributed by atoms with Gasteiger partial charge in [0.1, 0.15) is 5.78 Å². The molecule has 104 valence electrons. The van der Waals surface area contributed by atoms with E-state index in [1.807, 2.05) is 0 Å². The summed E-state index contributed by atoms with van der Waals surface area (Å²) in [6, 6.07) is 2.20. The van der Waals surface area contributed by atoms with Crippen LogP contribution in [0.2, 0.25) is 0 Å². The summed E-state index contributed by atoms with van der Waals surface area (Å²) >= 11 is 0. The Labute approximate surface area is 115 Å². The van der Waals surface area contributed by atoms with Crippen LogP contribution in [0.25, 0.3) is 0 Å². The van der Waals surface area contributed by atoms with Crippen molar-refractivity contribution in [2.45, 2.75) is 47.5 Å². The number of rotatable bonds is 5. The maximum Gasteiger partial charge on any atom is 0.227 e. The van der Waals surface area contributed by atoms with Gasteiger partial charge in [-0.05, 0) is 68.9 Å². The number of hydrogen-bond donors (Lipinski definition) is 1. The second-order valence-corrected chi connectivity index (χ2v) is 5.22. The Balaban J connectivity index is 2.68. The molecular weight excluding hydrogens is 238 g/mol. The summed E-state index contributed by atoms with van der Waals surface area (Å²) in [5.74, 6) is -0.288. The molecule has 0 aliphatic heterocycles. The SMILES string of the molecule is CC(=O)CC(=O)NCCc1c(C)c(C)cc(C)c1C. The molecule has 1 N–H and O–H groups in total. The number of nitrogens with one attached hydrogen (secondary N) is 1. The summed E-state index contributed by atoms with van der Waals surface area (Å²) in [6.45, 7) is 10.5. The van der Waals surface area contributed by atoms with E-state index >= 15 is 0 Å². The lowest BCUT2D eigenvalue weighted by Crippen LogP contribution is -2.27. The summed E-state index contributed by atoms with van der Waals surface area (Å²) in [4.78, 5) is 22.2. The topological polar surface area (TPSA) is 46.2 Å². The maximum absolute atomic E-state index is 11.4. The van der Waals surface area contributed by atoms with Crippen LogP contribution in [0.1, 0.15) is 41.2 Å². The van der Waals surface area contributed by atoms with Crippen LogP contribution in [-0.2, 0) is 16.0 Å². The number of hydrogen-bond acceptors (Lipinski definition) is 2. The number of ketones is 1. The zero-order chi connectivity index (χ0) is 14.6. The van der Waals surface area contributed by atoms with Crippen molar-refractivity contribution in [3.8, 4) is 0 Å². The number of aryl methyl sites for hydroxylation is 2. The van der Waals surface area contributed by atoms with E-state index in [1.54, 1.807) is 0 Å². The van der Waals surface area contributed by atoms with Gasteiger partial charge in [-0.15, -0.1) is 0 Å². The van der Waals surface area contributed by atoms with E-state index in [0.29, 0.717) is 6.54 Å². The molecule has 0 aliphatic carbocycles. The molecule has 3 nitrogen and oxygen atoms in total. The Morgan fingerprint density at radius 2 is 1.58 bits per heavy atom. The van der Waals surface area contributed by atoms with Crippen LogP contribution in [0, 0.1) is 27.7 Å². The first-order valence-corrected chi connectivity index (χ1v) is 6.65. The molecule has 0 saturated heterocycles. The van der Waals surface area contributed by atoms with Gasteiger partial charge in [0.2, 0.25) is 5.91 Å². The number of Topliss-reactive ketones (excluding diaryl/α,β-unsaturated/α-hetero) is 1. The van der Waals surface area contributed by atoms with Crippen molar-refractivity contribution in [3.63, 3.8) is 0 Å². The zero-order valence-corrected chi connectivity index (χ0v) is 12.5. The molecule has 0 fully saturated rings. The van der Waals surface area contributed by atoms with E-state index in [2.05, 4.69) is 39.1 Å². The predicted octanol–water partition coefficient (Wildman–Crippen LogP) is 2.56. The normalized spacial score (nSPS) is 10.4. The highest BCUT2D eigenvalue weighted by atomic mass is 16.2. The Kier molecular flexibility index (Phi) is 5.28.